The van der Waals surface area contributed by atoms with Crippen LogP contribution in [0.2, 0.25) is 0 Å². The van der Waals surface area contributed by atoms with Gasteiger partial charge in [0.05, 0.1) is 12.0 Å². The smallest absolute Gasteiger partial charge is 0.259 e. The molecule has 0 atom stereocenters. The maximum atomic E-state index is 11.7. The number of H-pyrrole nitrogens is 1. The molecule has 0 unspecified atom stereocenters. The number of methoxy groups -OCH3 is 2. The summed E-state index contributed by atoms with van der Waals surface area (Å²) in [6.07, 6.45) is 0. The molecule has 0 amide bonds. The van der Waals surface area contributed by atoms with Crippen molar-refractivity contribution in [2.75, 3.05) is 14.2 Å². The summed E-state index contributed by atoms with van der Waals surface area (Å²) in [5.74, 6) is 0.547. The number of nitrogens with zero attached hydrogens (tertiary/aromatic N) is 1. The van der Waals surface area contributed by atoms with Crippen molar-refractivity contribution in [2.24, 2.45) is 0 Å². The number of ether oxygens (including phenoxy) is 2. The Labute approximate surface area is 96.0 Å². The maximum absolute atomic E-state index is 11.7. The average molecular weight is 240 g/mol. The number of rotatable bonds is 4. The molecule has 2 aromatic rings. The van der Waals surface area contributed by atoms with Gasteiger partial charge in [0, 0.05) is 19.1 Å². The molecule has 0 fully saturated rings. The summed E-state index contributed by atoms with van der Waals surface area (Å²) in [5.41, 5.74) is -0.129. The van der Waals surface area contributed by atoms with Gasteiger partial charge in [0.1, 0.15) is 17.3 Å². The molecule has 0 saturated carbocycles. The molecule has 0 bridgehead atoms. The molecule has 86 valence electrons. The van der Waals surface area contributed by atoms with E-state index in [1.807, 2.05) is 6.07 Å². The standard InChI is InChI=1S/C10H12N2O3S/c1-14-4-6-3-7-9(13)11-8(5-15-2)12-10(7)16-6/h3H,4-5H2,1-2H3,(H,11,12,13). The molecule has 0 aliphatic carbocycles. The van der Waals surface area contributed by atoms with Crippen LogP contribution in [0.4, 0.5) is 0 Å². The first-order valence-electron chi connectivity index (χ1n) is 4.74. The number of aromatic nitrogens is 2. The number of nitrogens with one attached hydrogen (secondary N) is 1. The summed E-state index contributed by atoms with van der Waals surface area (Å²) in [6.45, 7) is 0.808. The van der Waals surface area contributed by atoms with E-state index in [0.717, 1.165) is 9.71 Å². The van der Waals surface area contributed by atoms with Crippen molar-refractivity contribution in [2.45, 2.75) is 13.2 Å². The number of fused-ring (bicyclic) bond motifs is 1. The summed E-state index contributed by atoms with van der Waals surface area (Å²) in [6, 6.07) is 1.81. The molecule has 1 N–H and O–H groups in total. The van der Waals surface area contributed by atoms with Crippen LogP contribution >= 0.6 is 11.3 Å². The van der Waals surface area contributed by atoms with Gasteiger partial charge in [-0.25, -0.2) is 4.98 Å². The first-order chi connectivity index (χ1) is 7.74. The average Bonchev–Trinajstić information content (AvgIpc) is 2.62. The Hall–Kier alpha value is -1.24. The second-order valence-corrected chi connectivity index (χ2v) is 4.43. The van der Waals surface area contributed by atoms with Crippen molar-refractivity contribution in [3.63, 3.8) is 0 Å². The van der Waals surface area contributed by atoms with Gasteiger partial charge in [-0.15, -0.1) is 11.3 Å². The largest absolute Gasteiger partial charge is 0.379 e. The Balaban J connectivity index is 2.50. The Morgan fingerprint density at radius 1 is 1.38 bits per heavy atom. The van der Waals surface area contributed by atoms with Gasteiger partial charge in [0.25, 0.3) is 5.56 Å². The number of hydrogen-bond donors (Lipinski definition) is 1. The molecule has 5 nitrogen and oxygen atoms in total. The highest BCUT2D eigenvalue weighted by Gasteiger charge is 2.08. The lowest BCUT2D eigenvalue weighted by Crippen LogP contribution is -2.10. The van der Waals surface area contributed by atoms with E-state index in [9.17, 15) is 4.79 Å². The van der Waals surface area contributed by atoms with E-state index in [1.54, 1.807) is 14.2 Å². The summed E-state index contributed by atoms with van der Waals surface area (Å²) in [5, 5.41) is 0.608. The van der Waals surface area contributed by atoms with Crippen molar-refractivity contribution >= 4 is 21.6 Å². The molecule has 2 rings (SSSR count). The van der Waals surface area contributed by atoms with Gasteiger partial charge in [-0.3, -0.25) is 4.79 Å². The molecule has 16 heavy (non-hydrogen) atoms. The van der Waals surface area contributed by atoms with Crippen molar-refractivity contribution in [3.8, 4) is 0 Å². The molecule has 0 aromatic carbocycles. The van der Waals surface area contributed by atoms with E-state index in [4.69, 9.17) is 9.47 Å². The van der Waals surface area contributed by atoms with Crippen molar-refractivity contribution in [1.82, 2.24) is 9.97 Å². The second-order valence-electron chi connectivity index (χ2n) is 3.31. The third-order valence-corrected chi connectivity index (χ3v) is 3.07. The highest BCUT2D eigenvalue weighted by molar-refractivity contribution is 7.18. The van der Waals surface area contributed by atoms with Gasteiger partial charge < -0.3 is 14.5 Å². The third kappa shape index (κ3) is 2.13. The van der Waals surface area contributed by atoms with Gasteiger partial charge in [0.2, 0.25) is 0 Å². The number of hydrogen-bond acceptors (Lipinski definition) is 5. The van der Waals surface area contributed by atoms with Crippen LogP contribution in [0.15, 0.2) is 10.9 Å². The predicted octanol–water partition coefficient (Wildman–Crippen LogP) is 1.28. The van der Waals surface area contributed by atoms with Gasteiger partial charge in [-0.1, -0.05) is 0 Å². The highest BCUT2D eigenvalue weighted by Crippen LogP contribution is 2.21. The van der Waals surface area contributed by atoms with Crippen molar-refractivity contribution < 1.29 is 9.47 Å². The summed E-state index contributed by atoms with van der Waals surface area (Å²) in [4.78, 5) is 20.4. The molecule has 0 aliphatic heterocycles. The van der Waals surface area contributed by atoms with Crippen LogP contribution in [-0.2, 0) is 22.7 Å². The zero-order valence-electron chi connectivity index (χ0n) is 9.07. The molecule has 2 heterocycles. The maximum Gasteiger partial charge on any atom is 0.259 e. The fraction of sp³-hybridized carbons (Fsp3) is 0.400. The Morgan fingerprint density at radius 2 is 2.12 bits per heavy atom. The van der Waals surface area contributed by atoms with Crippen LogP contribution in [0.5, 0.6) is 0 Å². The Bertz CT molecular complexity index is 546. The normalized spacial score (nSPS) is 11.1. The van der Waals surface area contributed by atoms with Gasteiger partial charge >= 0.3 is 0 Å². The first kappa shape index (κ1) is 11.3. The van der Waals surface area contributed by atoms with E-state index in [2.05, 4.69) is 9.97 Å². The van der Waals surface area contributed by atoms with Crippen LogP contribution < -0.4 is 5.56 Å². The second kappa shape index (κ2) is 4.73. The summed E-state index contributed by atoms with van der Waals surface area (Å²) < 4.78 is 9.95. The molecule has 0 aliphatic rings. The topological polar surface area (TPSA) is 64.2 Å². The van der Waals surface area contributed by atoms with E-state index in [-0.39, 0.29) is 5.56 Å². The van der Waals surface area contributed by atoms with Gasteiger partial charge in [0.15, 0.2) is 0 Å². The van der Waals surface area contributed by atoms with Crippen LogP contribution in [-0.4, -0.2) is 24.2 Å². The Morgan fingerprint density at radius 3 is 2.81 bits per heavy atom. The lowest BCUT2D eigenvalue weighted by molar-refractivity contribution is 0.178. The summed E-state index contributed by atoms with van der Waals surface area (Å²) in [7, 11) is 3.19. The van der Waals surface area contributed by atoms with E-state index in [1.165, 1.54) is 11.3 Å². The van der Waals surface area contributed by atoms with Crippen molar-refractivity contribution in [1.29, 1.82) is 0 Å². The van der Waals surface area contributed by atoms with Crippen LogP contribution in [0.25, 0.3) is 10.2 Å². The Kier molecular flexibility index (Phi) is 3.33. The molecule has 0 radical (unpaired) electrons. The van der Waals surface area contributed by atoms with E-state index in [0.29, 0.717) is 24.4 Å². The van der Waals surface area contributed by atoms with Crippen molar-refractivity contribution in [3.05, 3.63) is 27.1 Å². The minimum atomic E-state index is -0.129. The minimum absolute atomic E-state index is 0.129. The molecular weight excluding hydrogens is 228 g/mol. The monoisotopic (exact) mass is 240 g/mol. The zero-order valence-corrected chi connectivity index (χ0v) is 9.89. The minimum Gasteiger partial charge on any atom is -0.379 e. The first-order valence-corrected chi connectivity index (χ1v) is 5.55. The number of thiophene rings is 1. The predicted molar refractivity (Wildman–Crippen MR) is 61.7 cm³/mol. The van der Waals surface area contributed by atoms with E-state index >= 15 is 0 Å². The molecular formula is C10H12N2O3S. The van der Waals surface area contributed by atoms with Gasteiger partial charge in [-0.05, 0) is 6.07 Å². The lowest BCUT2D eigenvalue weighted by atomic mass is 10.3. The quantitative estimate of drug-likeness (QED) is 0.874. The molecule has 0 spiro atoms. The zero-order chi connectivity index (χ0) is 11.5. The van der Waals surface area contributed by atoms with Crippen LogP contribution in [0, 0.1) is 0 Å². The van der Waals surface area contributed by atoms with Gasteiger partial charge in [-0.2, -0.15) is 0 Å². The highest BCUT2D eigenvalue weighted by atomic mass is 32.1. The number of aromatic amines is 1. The SMILES string of the molecule is COCc1nc2sc(COC)cc2c(=O)[nH]1. The fourth-order valence-corrected chi connectivity index (χ4v) is 2.46. The summed E-state index contributed by atoms with van der Waals surface area (Å²) >= 11 is 1.46. The third-order valence-electron chi connectivity index (χ3n) is 2.07. The molecule has 2 aromatic heterocycles. The lowest BCUT2D eigenvalue weighted by Gasteiger charge is -1.97. The van der Waals surface area contributed by atoms with E-state index < -0.39 is 0 Å². The molecule has 0 saturated heterocycles. The van der Waals surface area contributed by atoms with Crippen LogP contribution in [0.1, 0.15) is 10.7 Å². The molecule has 6 heteroatoms. The van der Waals surface area contributed by atoms with Crippen LogP contribution in [0.3, 0.4) is 0 Å². The fourth-order valence-electron chi connectivity index (χ4n) is 1.44.